The van der Waals surface area contributed by atoms with Gasteiger partial charge in [-0.2, -0.15) is 0 Å². The molecule has 2 unspecified atom stereocenters. The first-order chi connectivity index (χ1) is 17.7. The van der Waals surface area contributed by atoms with Crippen LogP contribution in [0.4, 0.5) is 0 Å². The molecule has 2 bridgehead atoms. The molecule has 3 amide bonds. The van der Waals surface area contributed by atoms with Crippen molar-refractivity contribution in [3.05, 3.63) is 25.3 Å². The predicted molar refractivity (Wildman–Crippen MR) is 144 cm³/mol. The van der Waals surface area contributed by atoms with Crippen LogP contribution in [0.15, 0.2) is 25.3 Å². The van der Waals surface area contributed by atoms with E-state index in [1.807, 2.05) is 20.8 Å². The second kappa shape index (κ2) is 12.1. The minimum atomic E-state index is -1.08. The topological polar surface area (TPSA) is 90.4 Å². The molecular formula is C29H47N3O5. The van der Waals surface area contributed by atoms with Crippen molar-refractivity contribution in [3.63, 3.8) is 0 Å². The van der Waals surface area contributed by atoms with Crippen LogP contribution in [0.3, 0.4) is 0 Å². The van der Waals surface area contributed by atoms with E-state index in [0.717, 1.165) is 25.7 Å². The van der Waals surface area contributed by atoms with E-state index in [9.17, 15) is 19.5 Å². The van der Waals surface area contributed by atoms with Crippen molar-refractivity contribution in [3.8, 4) is 0 Å². The van der Waals surface area contributed by atoms with Crippen LogP contribution in [0.1, 0.15) is 72.6 Å². The molecule has 208 valence electrons. The Morgan fingerprint density at radius 1 is 1.08 bits per heavy atom. The highest BCUT2D eigenvalue weighted by Gasteiger charge is 2.78. The molecule has 37 heavy (non-hydrogen) atoms. The van der Waals surface area contributed by atoms with Crippen molar-refractivity contribution in [2.75, 3.05) is 32.8 Å². The van der Waals surface area contributed by atoms with Crippen LogP contribution in [0.2, 0.25) is 0 Å². The number of rotatable bonds is 15. The van der Waals surface area contributed by atoms with Crippen LogP contribution >= 0.6 is 0 Å². The molecule has 3 rings (SSSR count). The number of nitrogens with zero attached hydrogens (tertiary/aromatic N) is 3. The van der Waals surface area contributed by atoms with E-state index < -0.39 is 35.1 Å². The normalized spacial score (nSPS) is 30.8. The lowest BCUT2D eigenvalue weighted by Gasteiger charge is -2.39. The van der Waals surface area contributed by atoms with Gasteiger partial charge in [-0.15, -0.1) is 13.2 Å². The number of hydrogen-bond donors (Lipinski definition) is 1. The van der Waals surface area contributed by atoms with Gasteiger partial charge in [0.2, 0.25) is 17.7 Å². The van der Waals surface area contributed by atoms with Crippen LogP contribution in [0.25, 0.3) is 0 Å². The lowest BCUT2D eigenvalue weighted by atomic mass is 9.66. The highest BCUT2D eigenvalue weighted by atomic mass is 16.5. The molecular weight excluding hydrogens is 470 g/mol. The number of hydrogen-bond acceptors (Lipinski definition) is 5. The second-order valence-corrected chi connectivity index (χ2v) is 11.1. The fraction of sp³-hybridized carbons (Fsp3) is 0.759. The minimum absolute atomic E-state index is 0.111. The first kappa shape index (κ1) is 29.4. The fourth-order valence-corrected chi connectivity index (χ4v) is 6.91. The van der Waals surface area contributed by atoms with E-state index in [-0.39, 0.29) is 24.3 Å². The molecule has 3 aliphatic rings. The van der Waals surface area contributed by atoms with Crippen LogP contribution in [0.5, 0.6) is 0 Å². The molecule has 0 aromatic heterocycles. The van der Waals surface area contributed by atoms with E-state index in [4.69, 9.17) is 4.74 Å². The number of unbranched alkanes of at least 4 members (excludes halogenated alkanes) is 2. The van der Waals surface area contributed by atoms with E-state index >= 15 is 0 Å². The summed E-state index contributed by atoms with van der Waals surface area (Å²) in [6.07, 6.45) is 8.73. The Labute approximate surface area is 222 Å². The molecule has 3 saturated heterocycles. The smallest absolute Gasteiger partial charge is 0.248 e. The summed E-state index contributed by atoms with van der Waals surface area (Å²) < 4.78 is 6.75. The second-order valence-electron chi connectivity index (χ2n) is 11.1. The van der Waals surface area contributed by atoms with Gasteiger partial charge in [-0.25, -0.2) is 0 Å². The summed E-state index contributed by atoms with van der Waals surface area (Å²) in [5, 5.41) is 10.2. The quantitative estimate of drug-likeness (QED) is 0.266. The van der Waals surface area contributed by atoms with Crippen molar-refractivity contribution in [1.82, 2.24) is 14.7 Å². The number of amides is 3. The zero-order chi connectivity index (χ0) is 27.4. The summed E-state index contributed by atoms with van der Waals surface area (Å²) in [7, 11) is 0. The molecule has 6 atom stereocenters. The van der Waals surface area contributed by atoms with E-state index in [0.29, 0.717) is 45.4 Å². The molecule has 1 N–H and O–H groups in total. The average Bonchev–Trinajstić information content (AvgIpc) is 3.44. The van der Waals surface area contributed by atoms with Crippen LogP contribution in [0, 0.1) is 11.8 Å². The first-order valence-electron chi connectivity index (χ1n) is 14.1. The monoisotopic (exact) mass is 517 g/mol. The Balaban J connectivity index is 2.08. The lowest BCUT2D eigenvalue weighted by molar-refractivity contribution is -0.156. The van der Waals surface area contributed by atoms with Gasteiger partial charge in [-0.1, -0.05) is 45.8 Å². The van der Waals surface area contributed by atoms with E-state index in [1.165, 1.54) is 0 Å². The highest BCUT2D eigenvalue weighted by molar-refractivity contribution is 5.99. The third-order valence-corrected chi connectivity index (χ3v) is 8.64. The summed E-state index contributed by atoms with van der Waals surface area (Å²) in [6, 6.07) is -1.39. The van der Waals surface area contributed by atoms with Gasteiger partial charge in [0.05, 0.1) is 30.1 Å². The molecule has 0 aromatic rings. The number of fused-ring (bicyclic) bond motifs is 1. The summed E-state index contributed by atoms with van der Waals surface area (Å²) in [6.45, 7) is 17.3. The Morgan fingerprint density at radius 2 is 1.73 bits per heavy atom. The molecule has 0 radical (unpaired) electrons. The largest absolute Gasteiger partial charge is 0.394 e. The maximum atomic E-state index is 14.3. The minimum Gasteiger partial charge on any atom is -0.394 e. The van der Waals surface area contributed by atoms with E-state index in [1.54, 1.807) is 26.9 Å². The van der Waals surface area contributed by atoms with Crippen LogP contribution in [-0.2, 0) is 19.1 Å². The Bertz CT molecular complexity index is 874. The van der Waals surface area contributed by atoms with Crippen molar-refractivity contribution in [2.45, 2.75) is 95.9 Å². The molecule has 0 saturated carbocycles. The van der Waals surface area contributed by atoms with Crippen molar-refractivity contribution in [1.29, 1.82) is 0 Å². The summed E-state index contributed by atoms with van der Waals surface area (Å²) >= 11 is 0. The van der Waals surface area contributed by atoms with Gasteiger partial charge in [-0.05, 0) is 39.0 Å². The van der Waals surface area contributed by atoms with Crippen molar-refractivity contribution >= 4 is 17.7 Å². The number of ether oxygens (including phenoxy) is 1. The molecule has 3 aliphatic heterocycles. The van der Waals surface area contributed by atoms with Gasteiger partial charge in [0, 0.05) is 26.2 Å². The molecule has 0 aliphatic carbocycles. The Kier molecular flexibility index (Phi) is 9.62. The third-order valence-electron chi connectivity index (χ3n) is 8.64. The summed E-state index contributed by atoms with van der Waals surface area (Å²) in [4.78, 5) is 47.6. The van der Waals surface area contributed by atoms with Crippen LogP contribution < -0.4 is 0 Å². The highest BCUT2D eigenvalue weighted by Crippen LogP contribution is 2.64. The molecule has 3 fully saturated rings. The van der Waals surface area contributed by atoms with Gasteiger partial charge in [0.15, 0.2) is 0 Å². The number of carbonyl (C=O) groups is 3. The fourth-order valence-electron chi connectivity index (χ4n) is 6.91. The van der Waals surface area contributed by atoms with Gasteiger partial charge in [-0.3, -0.25) is 14.4 Å². The number of aliphatic hydroxyl groups excluding tert-OH is 1. The van der Waals surface area contributed by atoms with Crippen molar-refractivity contribution < 1.29 is 24.2 Å². The molecule has 8 nitrogen and oxygen atoms in total. The Morgan fingerprint density at radius 3 is 2.27 bits per heavy atom. The van der Waals surface area contributed by atoms with E-state index in [2.05, 4.69) is 20.1 Å². The van der Waals surface area contributed by atoms with Crippen molar-refractivity contribution in [2.24, 2.45) is 11.8 Å². The first-order valence-corrected chi connectivity index (χ1v) is 14.1. The van der Waals surface area contributed by atoms with Gasteiger partial charge < -0.3 is 24.5 Å². The number of likely N-dealkylation sites (tertiary alicyclic amines) is 1. The molecule has 3 heterocycles. The number of aliphatic hydroxyl groups is 1. The molecule has 8 heteroatoms. The zero-order valence-corrected chi connectivity index (χ0v) is 23.3. The predicted octanol–water partition coefficient (Wildman–Crippen LogP) is 3.15. The van der Waals surface area contributed by atoms with Crippen LogP contribution in [-0.4, -0.2) is 93.6 Å². The average molecular weight is 518 g/mol. The maximum Gasteiger partial charge on any atom is 0.248 e. The standard InChI is InChI=1S/C29H47N3O5/c1-7-12-13-19-31(18-10-4)27(36)24-29-15-14-28(6,37-29)22(25(34)30(16-8-2)17-9-3)23(29)26(35)32(24)21(11-5)20-33/h8,10,21-24,33H,2,4,7,9,11-20H2,1,3,5-6H3/t21-,22+,23-,24?,28-,29?/m0/s1. The van der Waals surface area contributed by atoms with Gasteiger partial charge in [0.1, 0.15) is 11.6 Å². The third kappa shape index (κ3) is 4.99. The summed E-state index contributed by atoms with van der Waals surface area (Å²) in [5.41, 5.74) is -1.90. The zero-order valence-electron chi connectivity index (χ0n) is 23.3. The molecule has 1 spiro atoms. The number of carbonyl (C=O) groups excluding carboxylic acids is 3. The lowest BCUT2D eigenvalue weighted by Crippen LogP contribution is -2.58. The Hall–Kier alpha value is -2.19. The van der Waals surface area contributed by atoms with Gasteiger partial charge in [0.25, 0.3) is 0 Å². The maximum absolute atomic E-state index is 14.3. The van der Waals surface area contributed by atoms with Gasteiger partial charge >= 0.3 is 0 Å². The SMILES string of the molecule is C=CCN(CCCCC)C(=O)C1N([C@@H](CC)CO)C(=O)[C@@H]2[C@H](C(=O)N(CC=C)CCC)[C@]3(C)CCC12O3. The molecule has 0 aromatic carbocycles. The summed E-state index contributed by atoms with van der Waals surface area (Å²) in [5.74, 6) is -1.96.